The lowest BCUT2D eigenvalue weighted by molar-refractivity contribution is 0.704. The number of aryl methyl sites for hydroxylation is 1. The molecule has 1 aromatic heterocycles. The minimum Gasteiger partial charge on any atom is -0.309 e. The second-order valence-electron chi connectivity index (χ2n) is 3.77. The highest BCUT2D eigenvalue weighted by Gasteiger charge is 2.15. The van der Waals surface area contributed by atoms with Gasteiger partial charge < -0.3 is 5.32 Å². The molecule has 1 heterocycles. The molecule has 0 aliphatic carbocycles. The second-order valence-corrected chi connectivity index (χ2v) is 5.12. The summed E-state index contributed by atoms with van der Waals surface area (Å²) >= 11 is 7.85. The van der Waals surface area contributed by atoms with Gasteiger partial charge >= 0.3 is 0 Å². The predicted molar refractivity (Wildman–Crippen MR) is 71.4 cm³/mol. The SMILES string of the molecule is CNC(c1ccc(C)cc1)c1sccc1Cl. The number of rotatable bonds is 3. The normalized spacial score (nSPS) is 12.7. The van der Waals surface area contributed by atoms with E-state index in [-0.39, 0.29) is 6.04 Å². The molecule has 2 rings (SSSR count). The van der Waals surface area contributed by atoms with Crippen LogP contribution in [0.1, 0.15) is 22.0 Å². The molecule has 0 aliphatic rings. The Bertz CT molecular complexity index is 461. The Kier molecular flexibility index (Phi) is 3.64. The van der Waals surface area contributed by atoms with E-state index >= 15 is 0 Å². The quantitative estimate of drug-likeness (QED) is 0.869. The number of hydrogen-bond acceptors (Lipinski definition) is 2. The van der Waals surface area contributed by atoms with Gasteiger partial charge in [-0.25, -0.2) is 0 Å². The molecule has 0 bridgehead atoms. The Hall–Kier alpha value is -0.830. The standard InChI is InChI=1S/C13H14ClNS/c1-9-3-5-10(6-4-9)12(15-2)13-11(14)7-8-16-13/h3-8,12,15H,1-2H3. The molecule has 0 fully saturated rings. The van der Waals surface area contributed by atoms with E-state index in [1.807, 2.05) is 18.5 Å². The summed E-state index contributed by atoms with van der Waals surface area (Å²) in [7, 11) is 1.96. The van der Waals surface area contributed by atoms with Crippen molar-refractivity contribution in [3.05, 3.63) is 56.7 Å². The van der Waals surface area contributed by atoms with Gasteiger partial charge in [0.05, 0.1) is 11.1 Å². The molecule has 1 unspecified atom stereocenters. The van der Waals surface area contributed by atoms with Gasteiger partial charge in [0.1, 0.15) is 0 Å². The summed E-state index contributed by atoms with van der Waals surface area (Å²) in [5.74, 6) is 0. The molecule has 0 aliphatic heterocycles. The van der Waals surface area contributed by atoms with Crippen LogP contribution in [0.4, 0.5) is 0 Å². The maximum atomic E-state index is 6.16. The summed E-state index contributed by atoms with van der Waals surface area (Å²) in [5.41, 5.74) is 2.52. The third kappa shape index (κ3) is 2.29. The summed E-state index contributed by atoms with van der Waals surface area (Å²) < 4.78 is 0. The summed E-state index contributed by atoms with van der Waals surface area (Å²) in [6.45, 7) is 2.09. The lowest BCUT2D eigenvalue weighted by atomic mass is 10.0. The van der Waals surface area contributed by atoms with Crippen LogP contribution in [0, 0.1) is 6.92 Å². The molecule has 2 aromatic rings. The summed E-state index contributed by atoms with van der Waals surface area (Å²) in [4.78, 5) is 1.17. The molecule has 1 N–H and O–H groups in total. The Morgan fingerprint density at radius 3 is 2.38 bits per heavy atom. The minimum absolute atomic E-state index is 0.188. The minimum atomic E-state index is 0.188. The van der Waals surface area contributed by atoms with Gasteiger partial charge in [0.25, 0.3) is 0 Å². The average Bonchev–Trinajstić information content (AvgIpc) is 2.69. The van der Waals surface area contributed by atoms with E-state index in [0.29, 0.717) is 0 Å². The highest BCUT2D eigenvalue weighted by Crippen LogP contribution is 2.32. The molecule has 0 spiro atoms. The first-order chi connectivity index (χ1) is 7.72. The van der Waals surface area contributed by atoms with Crippen LogP contribution in [0.5, 0.6) is 0 Å². The van der Waals surface area contributed by atoms with E-state index in [9.17, 15) is 0 Å². The fourth-order valence-corrected chi connectivity index (χ4v) is 3.02. The van der Waals surface area contributed by atoms with E-state index in [2.05, 4.69) is 36.5 Å². The first kappa shape index (κ1) is 11.6. The van der Waals surface area contributed by atoms with Crippen LogP contribution < -0.4 is 5.32 Å². The molecule has 0 saturated carbocycles. The van der Waals surface area contributed by atoms with Gasteiger partial charge in [-0.15, -0.1) is 11.3 Å². The van der Waals surface area contributed by atoms with Crippen molar-refractivity contribution >= 4 is 22.9 Å². The van der Waals surface area contributed by atoms with Crippen LogP contribution >= 0.6 is 22.9 Å². The van der Waals surface area contributed by atoms with E-state index in [1.165, 1.54) is 16.0 Å². The highest BCUT2D eigenvalue weighted by molar-refractivity contribution is 7.10. The molecule has 16 heavy (non-hydrogen) atoms. The highest BCUT2D eigenvalue weighted by atomic mass is 35.5. The lowest BCUT2D eigenvalue weighted by Crippen LogP contribution is -2.16. The van der Waals surface area contributed by atoms with E-state index in [4.69, 9.17) is 11.6 Å². The lowest BCUT2D eigenvalue weighted by Gasteiger charge is -2.16. The third-order valence-corrected chi connectivity index (χ3v) is 4.03. The first-order valence-electron chi connectivity index (χ1n) is 5.19. The average molecular weight is 252 g/mol. The van der Waals surface area contributed by atoms with E-state index in [0.717, 1.165) is 5.02 Å². The largest absolute Gasteiger partial charge is 0.309 e. The molecule has 3 heteroatoms. The monoisotopic (exact) mass is 251 g/mol. The van der Waals surface area contributed by atoms with Crippen LogP contribution in [-0.4, -0.2) is 7.05 Å². The number of halogens is 1. The fraction of sp³-hybridized carbons (Fsp3) is 0.231. The topological polar surface area (TPSA) is 12.0 Å². The van der Waals surface area contributed by atoms with Crippen LogP contribution in [0.2, 0.25) is 5.02 Å². The molecule has 0 saturated heterocycles. The van der Waals surface area contributed by atoms with Crippen LogP contribution in [0.3, 0.4) is 0 Å². The molecule has 84 valence electrons. The van der Waals surface area contributed by atoms with Gasteiger partial charge in [-0.2, -0.15) is 0 Å². The molecule has 0 amide bonds. The van der Waals surface area contributed by atoms with Crippen molar-refractivity contribution in [1.82, 2.24) is 5.32 Å². The van der Waals surface area contributed by atoms with Gasteiger partial charge in [0.2, 0.25) is 0 Å². The maximum Gasteiger partial charge on any atom is 0.0683 e. The van der Waals surface area contributed by atoms with Gasteiger partial charge in [0, 0.05) is 4.88 Å². The number of nitrogens with one attached hydrogen (secondary N) is 1. The van der Waals surface area contributed by atoms with Crippen molar-refractivity contribution in [2.24, 2.45) is 0 Å². The van der Waals surface area contributed by atoms with Crippen molar-refractivity contribution in [3.8, 4) is 0 Å². The van der Waals surface area contributed by atoms with Gasteiger partial charge in [-0.1, -0.05) is 41.4 Å². The Morgan fingerprint density at radius 1 is 1.19 bits per heavy atom. The second kappa shape index (κ2) is 5.00. The van der Waals surface area contributed by atoms with Crippen molar-refractivity contribution in [3.63, 3.8) is 0 Å². The van der Waals surface area contributed by atoms with E-state index in [1.54, 1.807) is 11.3 Å². The third-order valence-electron chi connectivity index (χ3n) is 2.61. The fourth-order valence-electron chi connectivity index (χ4n) is 1.72. The van der Waals surface area contributed by atoms with Gasteiger partial charge in [0.15, 0.2) is 0 Å². The summed E-state index contributed by atoms with van der Waals surface area (Å²) in [6, 6.07) is 10.7. The van der Waals surface area contributed by atoms with Crippen molar-refractivity contribution in [1.29, 1.82) is 0 Å². The zero-order valence-electron chi connectivity index (χ0n) is 9.33. The molecule has 1 aromatic carbocycles. The number of thiophene rings is 1. The zero-order chi connectivity index (χ0) is 11.5. The van der Waals surface area contributed by atoms with Crippen molar-refractivity contribution in [2.75, 3.05) is 7.05 Å². The number of hydrogen-bond donors (Lipinski definition) is 1. The summed E-state index contributed by atoms with van der Waals surface area (Å²) in [5, 5.41) is 6.17. The first-order valence-corrected chi connectivity index (χ1v) is 6.45. The molecular weight excluding hydrogens is 238 g/mol. The molecule has 0 radical (unpaired) electrons. The van der Waals surface area contributed by atoms with Crippen LogP contribution in [0.25, 0.3) is 0 Å². The van der Waals surface area contributed by atoms with Gasteiger partial charge in [-0.3, -0.25) is 0 Å². The maximum absolute atomic E-state index is 6.16. The zero-order valence-corrected chi connectivity index (χ0v) is 10.9. The van der Waals surface area contributed by atoms with E-state index < -0.39 is 0 Å². The Labute approximate surface area is 105 Å². The smallest absolute Gasteiger partial charge is 0.0683 e. The van der Waals surface area contributed by atoms with Crippen LogP contribution in [-0.2, 0) is 0 Å². The van der Waals surface area contributed by atoms with Crippen molar-refractivity contribution < 1.29 is 0 Å². The Morgan fingerprint density at radius 2 is 1.88 bits per heavy atom. The van der Waals surface area contributed by atoms with Crippen molar-refractivity contribution in [2.45, 2.75) is 13.0 Å². The summed E-state index contributed by atoms with van der Waals surface area (Å²) in [6.07, 6.45) is 0. The molecule has 1 nitrogen and oxygen atoms in total. The predicted octanol–water partition coefficient (Wildman–Crippen LogP) is 4.02. The molecular formula is C13H14ClNS. The Balaban J connectivity index is 2.37. The van der Waals surface area contributed by atoms with Crippen LogP contribution in [0.15, 0.2) is 35.7 Å². The molecule has 1 atom stereocenters. The van der Waals surface area contributed by atoms with Gasteiger partial charge in [-0.05, 0) is 31.0 Å². The number of benzene rings is 1.